The van der Waals surface area contributed by atoms with Crippen LogP contribution >= 0.6 is 0 Å². The van der Waals surface area contributed by atoms with Gasteiger partial charge in [0.25, 0.3) is 0 Å². The standard InChI is InChI=1S/C10H11NO3/c1-7(11-12)5-8-3-2-4-9-10(8)14-6-13-9/h2-4,12H,5-6H2,1H3/b11-7-. The molecule has 1 aromatic rings. The van der Waals surface area contributed by atoms with E-state index in [0.717, 1.165) is 17.1 Å². The van der Waals surface area contributed by atoms with Crippen LogP contribution in [0.2, 0.25) is 0 Å². The number of benzene rings is 1. The Hall–Kier alpha value is -1.71. The van der Waals surface area contributed by atoms with E-state index in [1.807, 2.05) is 18.2 Å². The number of nitrogens with zero attached hydrogens (tertiary/aromatic N) is 1. The van der Waals surface area contributed by atoms with Gasteiger partial charge in [0, 0.05) is 12.0 Å². The lowest BCUT2D eigenvalue weighted by molar-refractivity contribution is 0.173. The molecule has 1 N–H and O–H groups in total. The molecule has 1 heterocycles. The van der Waals surface area contributed by atoms with Crippen LogP contribution in [-0.4, -0.2) is 17.7 Å². The van der Waals surface area contributed by atoms with Gasteiger partial charge in [0.15, 0.2) is 11.5 Å². The summed E-state index contributed by atoms with van der Waals surface area (Å²) in [5, 5.41) is 11.7. The number of rotatable bonds is 2. The third-order valence-electron chi connectivity index (χ3n) is 2.10. The Bertz CT molecular complexity index is 374. The van der Waals surface area contributed by atoms with Crippen molar-refractivity contribution in [3.63, 3.8) is 0 Å². The maximum atomic E-state index is 8.56. The van der Waals surface area contributed by atoms with Crippen LogP contribution in [0.1, 0.15) is 12.5 Å². The zero-order chi connectivity index (χ0) is 9.97. The Morgan fingerprint density at radius 2 is 2.36 bits per heavy atom. The first-order chi connectivity index (χ1) is 6.81. The van der Waals surface area contributed by atoms with Gasteiger partial charge in [-0.3, -0.25) is 0 Å². The summed E-state index contributed by atoms with van der Waals surface area (Å²) in [6, 6.07) is 5.69. The number of hydrogen-bond acceptors (Lipinski definition) is 4. The molecule has 0 saturated carbocycles. The van der Waals surface area contributed by atoms with Crippen LogP contribution in [0.4, 0.5) is 0 Å². The summed E-state index contributed by atoms with van der Waals surface area (Å²) in [6.45, 7) is 2.02. The molecule has 1 aliphatic rings. The van der Waals surface area contributed by atoms with Crippen LogP contribution in [0, 0.1) is 0 Å². The van der Waals surface area contributed by atoms with E-state index >= 15 is 0 Å². The molecule has 0 spiro atoms. The van der Waals surface area contributed by atoms with Gasteiger partial charge >= 0.3 is 0 Å². The van der Waals surface area contributed by atoms with Crippen molar-refractivity contribution in [1.29, 1.82) is 0 Å². The van der Waals surface area contributed by atoms with Crippen LogP contribution < -0.4 is 9.47 Å². The number of para-hydroxylation sites is 1. The van der Waals surface area contributed by atoms with Gasteiger partial charge in [-0.15, -0.1) is 0 Å². The van der Waals surface area contributed by atoms with E-state index in [0.29, 0.717) is 12.1 Å². The smallest absolute Gasteiger partial charge is 0.231 e. The van der Waals surface area contributed by atoms with E-state index in [9.17, 15) is 0 Å². The molecule has 2 rings (SSSR count). The van der Waals surface area contributed by atoms with Crippen LogP contribution in [-0.2, 0) is 6.42 Å². The van der Waals surface area contributed by atoms with Crippen molar-refractivity contribution in [1.82, 2.24) is 0 Å². The average molecular weight is 193 g/mol. The zero-order valence-corrected chi connectivity index (χ0v) is 7.86. The summed E-state index contributed by atoms with van der Waals surface area (Å²) in [7, 11) is 0. The van der Waals surface area contributed by atoms with Crippen molar-refractivity contribution in [3.05, 3.63) is 23.8 Å². The molecule has 14 heavy (non-hydrogen) atoms. The molecule has 0 amide bonds. The highest BCUT2D eigenvalue weighted by Gasteiger charge is 2.17. The highest BCUT2D eigenvalue weighted by molar-refractivity contribution is 5.84. The first-order valence-corrected chi connectivity index (χ1v) is 4.36. The minimum absolute atomic E-state index is 0.266. The normalized spacial score (nSPS) is 14.5. The van der Waals surface area contributed by atoms with Gasteiger partial charge in [0.1, 0.15) is 0 Å². The van der Waals surface area contributed by atoms with Crippen molar-refractivity contribution in [2.75, 3.05) is 6.79 Å². The molecule has 0 unspecified atom stereocenters. The Balaban J connectivity index is 2.30. The third-order valence-corrected chi connectivity index (χ3v) is 2.10. The van der Waals surface area contributed by atoms with Crippen LogP contribution in [0.25, 0.3) is 0 Å². The number of hydrogen-bond donors (Lipinski definition) is 1. The fourth-order valence-electron chi connectivity index (χ4n) is 1.44. The minimum Gasteiger partial charge on any atom is -0.454 e. The summed E-state index contributed by atoms with van der Waals surface area (Å²) in [6.07, 6.45) is 0.572. The summed E-state index contributed by atoms with van der Waals surface area (Å²) in [5.74, 6) is 1.52. The highest BCUT2D eigenvalue weighted by Crippen LogP contribution is 2.35. The molecule has 0 fully saturated rings. The highest BCUT2D eigenvalue weighted by atomic mass is 16.7. The minimum atomic E-state index is 0.266. The Morgan fingerprint density at radius 1 is 1.50 bits per heavy atom. The van der Waals surface area contributed by atoms with Gasteiger partial charge < -0.3 is 14.7 Å². The molecule has 0 aliphatic carbocycles. The van der Waals surface area contributed by atoms with Crippen LogP contribution in [0.3, 0.4) is 0 Å². The molecular weight excluding hydrogens is 182 g/mol. The third kappa shape index (κ3) is 1.51. The molecule has 0 saturated heterocycles. The van der Waals surface area contributed by atoms with Crippen molar-refractivity contribution < 1.29 is 14.7 Å². The topological polar surface area (TPSA) is 51.0 Å². The van der Waals surface area contributed by atoms with Crippen molar-refractivity contribution in [2.45, 2.75) is 13.3 Å². The van der Waals surface area contributed by atoms with E-state index in [1.54, 1.807) is 6.92 Å². The van der Waals surface area contributed by atoms with Crippen LogP contribution in [0.15, 0.2) is 23.4 Å². The van der Waals surface area contributed by atoms with Crippen LogP contribution in [0.5, 0.6) is 11.5 Å². The first kappa shape index (κ1) is 8.87. The summed E-state index contributed by atoms with van der Waals surface area (Å²) < 4.78 is 10.5. The summed E-state index contributed by atoms with van der Waals surface area (Å²) in [5.41, 5.74) is 1.63. The number of ether oxygens (including phenoxy) is 2. The largest absolute Gasteiger partial charge is 0.454 e. The summed E-state index contributed by atoms with van der Waals surface area (Å²) >= 11 is 0. The molecule has 0 bridgehead atoms. The predicted molar refractivity (Wildman–Crippen MR) is 51.2 cm³/mol. The van der Waals surface area contributed by atoms with Crippen molar-refractivity contribution in [3.8, 4) is 11.5 Å². The van der Waals surface area contributed by atoms with Gasteiger partial charge in [-0.25, -0.2) is 0 Å². The molecule has 1 aromatic carbocycles. The molecule has 0 atom stereocenters. The Labute approximate surface area is 81.8 Å². The van der Waals surface area contributed by atoms with Gasteiger partial charge in [-0.2, -0.15) is 0 Å². The molecule has 4 nitrogen and oxygen atoms in total. The van der Waals surface area contributed by atoms with Gasteiger partial charge in [0.05, 0.1) is 5.71 Å². The number of fused-ring (bicyclic) bond motifs is 1. The Morgan fingerprint density at radius 3 is 3.14 bits per heavy atom. The maximum Gasteiger partial charge on any atom is 0.231 e. The lowest BCUT2D eigenvalue weighted by atomic mass is 10.1. The average Bonchev–Trinajstić information content (AvgIpc) is 2.66. The number of oxime groups is 1. The summed E-state index contributed by atoms with van der Waals surface area (Å²) in [4.78, 5) is 0. The monoisotopic (exact) mass is 193 g/mol. The van der Waals surface area contributed by atoms with Gasteiger partial charge in [-0.05, 0) is 13.0 Å². The molecule has 4 heteroatoms. The maximum absolute atomic E-state index is 8.56. The molecule has 0 radical (unpaired) electrons. The molecule has 0 aromatic heterocycles. The zero-order valence-electron chi connectivity index (χ0n) is 7.86. The van der Waals surface area contributed by atoms with Gasteiger partial charge in [0.2, 0.25) is 6.79 Å². The van der Waals surface area contributed by atoms with Crippen molar-refractivity contribution in [2.24, 2.45) is 5.16 Å². The predicted octanol–water partition coefficient (Wildman–Crippen LogP) is 1.81. The second kappa shape index (κ2) is 3.57. The fourth-order valence-corrected chi connectivity index (χ4v) is 1.44. The fraction of sp³-hybridized carbons (Fsp3) is 0.300. The second-order valence-electron chi connectivity index (χ2n) is 3.16. The van der Waals surface area contributed by atoms with E-state index in [1.165, 1.54) is 0 Å². The van der Waals surface area contributed by atoms with E-state index < -0.39 is 0 Å². The Kier molecular flexibility index (Phi) is 2.26. The first-order valence-electron chi connectivity index (χ1n) is 4.36. The lowest BCUT2D eigenvalue weighted by Crippen LogP contribution is -1.99. The van der Waals surface area contributed by atoms with Gasteiger partial charge in [-0.1, -0.05) is 17.3 Å². The quantitative estimate of drug-likeness (QED) is 0.442. The lowest BCUT2D eigenvalue weighted by Gasteiger charge is -2.03. The molecule has 74 valence electrons. The SMILES string of the molecule is C/C(Cc1cccc2c1OCO2)=N/O. The van der Waals surface area contributed by atoms with E-state index in [4.69, 9.17) is 14.7 Å². The molecule has 1 aliphatic heterocycles. The van der Waals surface area contributed by atoms with E-state index in [2.05, 4.69) is 5.16 Å². The molecular formula is C10H11NO3. The second-order valence-corrected chi connectivity index (χ2v) is 3.16. The van der Waals surface area contributed by atoms with E-state index in [-0.39, 0.29) is 6.79 Å². The van der Waals surface area contributed by atoms with Crippen molar-refractivity contribution >= 4 is 5.71 Å².